The van der Waals surface area contributed by atoms with Gasteiger partial charge in [0.1, 0.15) is 0 Å². The normalized spacial score (nSPS) is 10.4. The zero-order valence-corrected chi connectivity index (χ0v) is 12.4. The van der Waals surface area contributed by atoms with Gasteiger partial charge in [-0.05, 0) is 24.6 Å². The summed E-state index contributed by atoms with van der Waals surface area (Å²) >= 11 is 1.11. The van der Waals surface area contributed by atoms with E-state index in [9.17, 15) is 14.9 Å². The van der Waals surface area contributed by atoms with Gasteiger partial charge in [-0.15, -0.1) is 11.3 Å². The Morgan fingerprint density at radius 3 is 2.81 bits per heavy atom. The molecule has 0 bridgehead atoms. The molecule has 1 heterocycles. The van der Waals surface area contributed by atoms with Crippen LogP contribution in [-0.2, 0) is 11.3 Å². The van der Waals surface area contributed by atoms with Crippen LogP contribution in [0.2, 0.25) is 0 Å². The molecule has 7 heteroatoms. The first kappa shape index (κ1) is 15.1. The lowest BCUT2D eigenvalue weighted by Gasteiger charge is -2.05. The van der Waals surface area contributed by atoms with Crippen LogP contribution in [0.25, 0.3) is 0 Å². The van der Waals surface area contributed by atoms with E-state index < -0.39 is 4.92 Å². The largest absolute Gasteiger partial charge is 0.380 e. The van der Waals surface area contributed by atoms with Crippen molar-refractivity contribution >= 4 is 28.6 Å². The molecule has 0 aliphatic carbocycles. The van der Waals surface area contributed by atoms with Gasteiger partial charge in [-0.2, -0.15) is 0 Å². The molecule has 110 valence electrons. The Hall–Kier alpha value is -2.25. The zero-order valence-electron chi connectivity index (χ0n) is 11.6. The molecule has 0 aliphatic heterocycles. The molecule has 2 rings (SSSR count). The maximum atomic E-state index is 12.1. The van der Waals surface area contributed by atoms with Gasteiger partial charge in [0, 0.05) is 18.9 Å². The van der Waals surface area contributed by atoms with E-state index in [1.54, 1.807) is 26.2 Å². The minimum Gasteiger partial charge on any atom is -0.380 e. The van der Waals surface area contributed by atoms with Crippen molar-refractivity contribution in [1.82, 2.24) is 0 Å². The minimum absolute atomic E-state index is 0.0294. The van der Waals surface area contributed by atoms with Gasteiger partial charge in [0.2, 0.25) is 0 Å². The topological polar surface area (TPSA) is 81.5 Å². The van der Waals surface area contributed by atoms with Gasteiger partial charge in [0.15, 0.2) is 0 Å². The van der Waals surface area contributed by atoms with Gasteiger partial charge >= 0.3 is 0 Å². The van der Waals surface area contributed by atoms with E-state index in [0.29, 0.717) is 22.0 Å². The van der Waals surface area contributed by atoms with Crippen molar-refractivity contribution in [3.8, 4) is 0 Å². The van der Waals surface area contributed by atoms with Crippen molar-refractivity contribution in [3.05, 3.63) is 55.8 Å². The van der Waals surface area contributed by atoms with Crippen LogP contribution < -0.4 is 5.32 Å². The van der Waals surface area contributed by atoms with E-state index in [2.05, 4.69) is 5.32 Å². The zero-order chi connectivity index (χ0) is 15.4. The number of hydrogen-bond donors (Lipinski definition) is 1. The Morgan fingerprint density at radius 2 is 2.19 bits per heavy atom. The molecule has 1 N–H and O–H groups in total. The highest BCUT2D eigenvalue weighted by Gasteiger charge is 2.19. The smallest absolute Gasteiger partial charge is 0.283 e. The number of nitrogens with zero attached hydrogens (tertiary/aromatic N) is 1. The standard InChI is InChI=1S/C14H14N2O4S/c1-9-12(16(18)19)7-13(21-9)14(17)15-11-5-3-4-10(6-11)8-20-2/h3-7H,8H2,1-2H3,(H,15,17). The lowest BCUT2D eigenvalue weighted by molar-refractivity contribution is -0.385. The number of benzene rings is 1. The molecule has 1 aromatic carbocycles. The minimum atomic E-state index is -0.484. The molecular weight excluding hydrogens is 292 g/mol. The lowest BCUT2D eigenvalue weighted by atomic mass is 10.2. The second kappa shape index (κ2) is 6.47. The molecule has 2 aromatic rings. The number of aryl methyl sites for hydroxylation is 1. The van der Waals surface area contributed by atoms with Crippen molar-refractivity contribution in [1.29, 1.82) is 0 Å². The first-order valence-electron chi connectivity index (χ1n) is 6.15. The lowest BCUT2D eigenvalue weighted by Crippen LogP contribution is -2.10. The summed E-state index contributed by atoms with van der Waals surface area (Å²) in [4.78, 5) is 23.3. The van der Waals surface area contributed by atoms with E-state index in [1.165, 1.54) is 6.07 Å². The molecule has 6 nitrogen and oxygen atoms in total. The SMILES string of the molecule is COCc1cccc(NC(=O)c2cc([N+](=O)[O-])c(C)s2)c1. The Kier molecular flexibility index (Phi) is 4.66. The van der Waals surface area contributed by atoms with E-state index >= 15 is 0 Å². The number of amides is 1. The first-order chi connectivity index (χ1) is 10.0. The Morgan fingerprint density at radius 1 is 1.43 bits per heavy atom. The average molecular weight is 306 g/mol. The molecule has 0 unspecified atom stereocenters. The molecule has 0 saturated heterocycles. The molecule has 0 spiro atoms. The second-order valence-electron chi connectivity index (χ2n) is 4.40. The number of carbonyl (C=O) groups excluding carboxylic acids is 1. The number of methoxy groups -OCH3 is 1. The third-order valence-electron chi connectivity index (χ3n) is 2.81. The molecule has 0 fully saturated rings. The van der Waals surface area contributed by atoms with Gasteiger partial charge in [0.25, 0.3) is 11.6 Å². The van der Waals surface area contributed by atoms with Crippen LogP contribution in [0.1, 0.15) is 20.1 Å². The summed E-state index contributed by atoms with van der Waals surface area (Å²) in [6.07, 6.45) is 0. The van der Waals surface area contributed by atoms with Crippen molar-refractivity contribution in [3.63, 3.8) is 0 Å². The van der Waals surface area contributed by atoms with E-state index in [4.69, 9.17) is 4.74 Å². The van der Waals surface area contributed by atoms with Crippen LogP contribution in [0.15, 0.2) is 30.3 Å². The Labute approximate surface area is 125 Å². The molecule has 0 aliphatic rings. The van der Waals surface area contributed by atoms with Crippen LogP contribution in [0.4, 0.5) is 11.4 Å². The fourth-order valence-electron chi connectivity index (χ4n) is 1.86. The highest BCUT2D eigenvalue weighted by atomic mass is 32.1. The van der Waals surface area contributed by atoms with Crippen LogP contribution in [0, 0.1) is 17.0 Å². The van der Waals surface area contributed by atoms with E-state index in [1.807, 2.05) is 12.1 Å². The molecule has 0 radical (unpaired) electrons. The van der Waals surface area contributed by atoms with Gasteiger partial charge in [-0.3, -0.25) is 14.9 Å². The maximum Gasteiger partial charge on any atom is 0.283 e. The summed E-state index contributed by atoms with van der Waals surface area (Å²) in [5.41, 5.74) is 1.53. The molecule has 1 aromatic heterocycles. The number of ether oxygens (including phenoxy) is 1. The van der Waals surface area contributed by atoms with E-state index in [-0.39, 0.29) is 11.6 Å². The summed E-state index contributed by atoms with van der Waals surface area (Å²) < 4.78 is 5.03. The average Bonchev–Trinajstić information content (AvgIpc) is 2.82. The predicted molar refractivity (Wildman–Crippen MR) is 80.8 cm³/mol. The highest BCUT2D eigenvalue weighted by molar-refractivity contribution is 7.14. The summed E-state index contributed by atoms with van der Waals surface area (Å²) in [5.74, 6) is -0.356. The third-order valence-corrected chi connectivity index (χ3v) is 3.85. The number of rotatable bonds is 5. The summed E-state index contributed by atoms with van der Waals surface area (Å²) in [6.45, 7) is 2.08. The predicted octanol–water partition coefficient (Wildman–Crippen LogP) is 3.36. The number of nitro groups is 1. The van der Waals surface area contributed by atoms with Gasteiger partial charge < -0.3 is 10.1 Å². The van der Waals surface area contributed by atoms with Crippen molar-refractivity contribution in [2.45, 2.75) is 13.5 Å². The number of hydrogen-bond acceptors (Lipinski definition) is 5. The fourth-order valence-corrected chi connectivity index (χ4v) is 2.75. The van der Waals surface area contributed by atoms with Gasteiger partial charge in [0.05, 0.1) is 21.3 Å². The molecule has 0 saturated carbocycles. The Balaban J connectivity index is 2.16. The number of nitrogens with one attached hydrogen (secondary N) is 1. The second-order valence-corrected chi connectivity index (χ2v) is 5.65. The molecule has 0 atom stereocenters. The summed E-state index contributed by atoms with van der Waals surface area (Å²) in [5, 5.41) is 13.5. The molecule has 1 amide bonds. The van der Waals surface area contributed by atoms with Crippen LogP contribution in [0.5, 0.6) is 0 Å². The number of thiophene rings is 1. The van der Waals surface area contributed by atoms with Crippen LogP contribution in [-0.4, -0.2) is 17.9 Å². The summed E-state index contributed by atoms with van der Waals surface area (Å²) in [6, 6.07) is 8.56. The van der Waals surface area contributed by atoms with Crippen molar-refractivity contribution in [2.75, 3.05) is 12.4 Å². The van der Waals surface area contributed by atoms with E-state index in [0.717, 1.165) is 16.9 Å². The quantitative estimate of drug-likeness (QED) is 0.678. The monoisotopic (exact) mass is 306 g/mol. The van der Waals surface area contributed by atoms with Crippen LogP contribution in [0.3, 0.4) is 0 Å². The molecular formula is C14H14N2O4S. The number of anilines is 1. The fraction of sp³-hybridized carbons (Fsp3) is 0.214. The van der Waals surface area contributed by atoms with Gasteiger partial charge in [-0.25, -0.2) is 0 Å². The van der Waals surface area contributed by atoms with Gasteiger partial charge in [-0.1, -0.05) is 12.1 Å². The van der Waals surface area contributed by atoms with Crippen molar-refractivity contribution in [2.24, 2.45) is 0 Å². The van der Waals surface area contributed by atoms with Crippen molar-refractivity contribution < 1.29 is 14.5 Å². The summed E-state index contributed by atoms with van der Waals surface area (Å²) in [7, 11) is 1.60. The third kappa shape index (κ3) is 3.65. The Bertz CT molecular complexity index is 681. The highest BCUT2D eigenvalue weighted by Crippen LogP contribution is 2.28. The molecule has 21 heavy (non-hydrogen) atoms. The number of carbonyl (C=O) groups is 1. The van der Waals surface area contributed by atoms with Crippen LogP contribution >= 0.6 is 11.3 Å². The first-order valence-corrected chi connectivity index (χ1v) is 6.97. The maximum absolute atomic E-state index is 12.1.